The van der Waals surface area contributed by atoms with Crippen molar-refractivity contribution in [3.8, 4) is 0 Å². The molecule has 3 saturated heterocycles. The molecule has 0 aliphatic carbocycles. The van der Waals surface area contributed by atoms with E-state index < -0.39 is 11.7 Å². The summed E-state index contributed by atoms with van der Waals surface area (Å²) in [5, 5.41) is 0. The number of hydrogen-bond donors (Lipinski definition) is 0. The highest BCUT2D eigenvalue weighted by Crippen LogP contribution is 2.30. The summed E-state index contributed by atoms with van der Waals surface area (Å²) in [5.41, 5.74) is -0.111. The minimum Gasteiger partial charge on any atom is -0.338 e. The molecule has 0 bridgehead atoms. The minimum atomic E-state index is -4.36. The summed E-state index contributed by atoms with van der Waals surface area (Å²) in [6, 6.07) is 6.41. The van der Waals surface area contributed by atoms with Crippen LogP contribution in [0.25, 0.3) is 0 Å². The Bertz CT molecular complexity index is 786. The summed E-state index contributed by atoms with van der Waals surface area (Å²) in [4.78, 5) is 22.2. The number of rotatable bonds is 5. The molecule has 0 aromatic heterocycles. The van der Waals surface area contributed by atoms with Crippen molar-refractivity contribution in [1.29, 1.82) is 0 Å². The van der Waals surface area contributed by atoms with Crippen LogP contribution in [-0.2, 0) is 17.5 Å². The number of hydrogen-bond acceptors (Lipinski definition) is 4. The molecule has 0 spiro atoms. The molecule has 3 heterocycles. The topological polar surface area (TPSA) is 30.0 Å². The molecule has 3 fully saturated rings. The van der Waals surface area contributed by atoms with Gasteiger partial charge in [0.1, 0.15) is 0 Å². The molecule has 184 valence electrons. The predicted molar refractivity (Wildman–Crippen MR) is 123 cm³/mol. The molecule has 1 aromatic carbocycles. The van der Waals surface area contributed by atoms with E-state index in [0.29, 0.717) is 30.6 Å². The Labute approximate surface area is 195 Å². The molecular weight excluding hydrogens is 429 g/mol. The van der Waals surface area contributed by atoms with Crippen molar-refractivity contribution >= 4 is 5.91 Å². The number of alkyl halides is 3. The van der Waals surface area contributed by atoms with Crippen LogP contribution in [0.15, 0.2) is 24.3 Å². The third kappa shape index (κ3) is 6.28. The van der Waals surface area contributed by atoms with Gasteiger partial charge in [-0.1, -0.05) is 19.1 Å². The number of piperidine rings is 1. The number of benzene rings is 1. The van der Waals surface area contributed by atoms with Crippen LogP contribution in [0.3, 0.4) is 0 Å². The van der Waals surface area contributed by atoms with Crippen LogP contribution in [0.4, 0.5) is 13.2 Å². The van der Waals surface area contributed by atoms with Gasteiger partial charge in [-0.25, -0.2) is 0 Å². The van der Waals surface area contributed by atoms with E-state index in [1.807, 2.05) is 0 Å². The van der Waals surface area contributed by atoms with E-state index in [1.54, 1.807) is 11.0 Å². The summed E-state index contributed by atoms with van der Waals surface area (Å²) in [5.74, 6) is 0.0543. The second-order valence-electron chi connectivity index (χ2n) is 9.73. The van der Waals surface area contributed by atoms with Gasteiger partial charge in [-0.15, -0.1) is 0 Å². The highest BCUT2D eigenvalue weighted by molar-refractivity contribution is 5.76. The summed E-state index contributed by atoms with van der Waals surface area (Å²) in [7, 11) is 0. The number of nitrogens with zero attached hydrogens (tertiary/aromatic N) is 4. The van der Waals surface area contributed by atoms with Crippen LogP contribution >= 0.6 is 0 Å². The lowest BCUT2D eigenvalue weighted by molar-refractivity contribution is -0.137. The minimum absolute atomic E-state index is 0.0543. The highest BCUT2D eigenvalue weighted by Gasteiger charge is 2.33. The zero-order valence-corrected chi connectivity index (χ0v) is 19.7. The first-order valence-electron chi connectivity index (χ1n) is 12.5. The van der Waals surface area contributed by atoms with Crippen molar-refractivity contribution in [2.24, 2.45) is 0 Å². The highest BCUT2D eigenvalue weighted by atomic mass is 19.4. The Balaban J connectivity index is 1.27. The average molecular weight is 467 g/mol. The zero-order chi connectivity index (χ0) is 23.4. The first-order valence-corrected chi connectivity index (χ1v) is 12.5. The first kappa shape index (κ1) is 24.5. The van der Waals surface area contributed by atoms with E-state index in [0.717, 1.165) is 38.5 Å². The van der Waals surface area contributed by atoms with Crippen LogP contribution in [0.1, 0.15) is 50.2 Å². The number of amides is 1. The van der Waals surface area contributed by atoms with Crippen LogP contribution in [0.2, 0.25) is 0 Å². The molecule has 4 rings (SSSR count). The van der Waals surface area contributed by atoms with Gasteiger partial charge in [-0.05, 0) is 63.0 Å². The van der Waals surface area contributed by atoms with E-state index in [4.69, 9.17) is 0 Å². The number of carbonyl (C=O) groups excluding carboxylic acids is 1. The van der Waals surface area contributed by atoms with E-state index in [2.05, 4.69) is 21.6 Å². The lowest BCUT2D eigenvalue weighted by Gasteiger charge is -2.44. The van der Waals surface area contributed by atoms with Gasteiger partial charge in [0.2, 0.25) is 5.91 Å². The van der Waals surface area contributed by atoms with Gasteiger partial charge in [0.05, 0.1) is 5.56 Å². The van der Waals surface area contributed by atoms with Gasteiger partial charge in [-0.2, -0.15) is 13.2 Å². The number of likely N-dealkylation sites (tertiary alicyclic amines) is 2. The molecule has 1 atom stereocenters. The number of carbonyl (C=O) groups is 1. The Morgan fingerprint density at radius 1 is 0.879 bits per heavy atom. The van der Waals surface area contributed by atoms with Crippen molar-refractivity contribution in [1.82, 2.24) is 19.6 Å². The summed E-state index contributed by atoms with van der Waals surface area (Å²) in [6.07, 6.45) is 0.222. The molecule has 33 heavy (non-hydrogen) atoms. The van der Waals surface area contributed by atoms with Crippen LogP contribution in [-0.4, -0.2) is 89.9 Å². The van der Waals surface area contributed by atoms with Gasteiger partial charge in [0, 0.05) is 57.8 Å². The van der Waals surface area contributed by atoms with Crippen LogP contribution in [0, 0.1) is 0 Å². The van der Waals surface area contributed by atoms with Crippen molar-refractivity contribution in [2.45, 2.75) is 63.8 Å². The molecule has 0 radical (unpaired) electrons. The first-order chi connectivity index (χ1) is 15.8. The Morgan fingerprint density at radius 3 is 2.18 bits per heavy atom. The van der Waals surface area contributed by atoms with Crippen LogP contribution in [0.5, 0.6) is 0 Å². The molecule has 1 amide bonds. The molecule has 0 saturated carbocycles. The standard InChI is InChI=1S/C25H37F3N4O/c1-2-29-14-16-31(17-15-29)23-8-11-30(12-9-23)22-6-7-24(33)32(13-10-22)19-20-4-3-5-21(18-20)25(26,27)28/h3-5,18,22-23H,2,6-17,19H2,1H3. The van der Waals surface area contributed by atoms with E-state index >= 15 is 0 Å². The number of likely N-dealkylation sites (N-methyl/N-ethyl adjacent to an activating group) is 1. The Hall–Kier alpha value is -1.64. The monoisotopic (exact) mass is 466 g/mol. The van der Waals surface area contributed by atoms with Gasteiger partial charge < -0.3 is 14.7 Å². The summed E-state index contributed by atoms with van der Waals surface area (Å²) in [6.45, 7) is 11.0. The number of halogens is 3. The molecule has 3 aliphatic rings. The third-order valence-electron chi connectivity index (χ3n) is 7.79. The van der Waals surface area contributed by atoms with Crippen molar-refractivity contribution in [3.63, 3.8) is 0 Å². The fourth-order valence-corrected chi connectivity index (χ4v) is 5.68. The maximum Gasteiger partial charge on any atom is 0.416 e. The van der Waals surface area contributed by atoms with E-state index in [-0.39, 0.29) is 12.5 Å². The molecule has 8 heteroatoms. The lowest BCUT2D eigenvalue weighted by atomic mass is 9.98. The molecule has 1 unspecified atom stereocenters. The predicted octanol–water partition coefficient (Wildman–Crippen LogP) is 3.69. The molecule has 0 N–H and O–H groups in total. The summed E-state index contributed by atoms with van der Waals surface area (Å²) >= 11 is 0. The van der Waals surface area contributed by atoms with Gasteiger partial charge >= 0.3 is 6.18 Å². The maximum atomic E-state index is 13.0. The smallest absolute Gasteiger partial charge is 0.338 e. The van der Waals surface area contributed by atoms with Crippen molar-refractivity contribution in [3.05, 3.63) is 35.4 Å². The second kappa shape index (κ2) is 10.7. The average Bonchev–Trinajstić information content (AvgIpc) is 3.00. The van der Waals surface area contributed by atoms with Gasteiger partial charge in [-0.3, -0.25) is 9.69 Å². The fourth-order valence-electron chi connectivity index (χ4n) is 5.68. The maximum absolute atomic E-state index is 13.0. The normalized spacial score (nSPS) is 25.4. The SMILES string of the molecule is CCN1CCN(C2CCN(C3CCC(=O)N(Cc4cccc(C(F)(F)F)c4)CC3)CC2)CC1. The van der Waals surface area contributed by atoms with Gasteiger partial charge in [0.15, 0.2) is 0 Å². The Morgan fingerprint density at radius 2 is 1.52 bits per heavy atom. The fraction of sp³-hybridized carbons (Fsp3) is 0.720. The molecule has 1 aromatic rings. The molecular formula is C25H37F3N4O. The van der Waals surface area contributed by atoms with Crippen LogP contribution < -0.4 is 0 Å². The Kier molecular flexibility index (Phi) is 7.97. The summed E-state index contributed by atoms with van der Waals surface area (Å²) < 4.78 is 39.1. The van der Waals surface area contributed by atoms with E-state index in [1.165, 1.54) is 51.2 Å². The van der Waals surface area contributed by atoms with Crippen molar-refractivity contribution in [2.75, 3.05) is 52.4 Å². The second-order valence-corrected chi connectivity index (χ2v) is 9.73. The quantitative estimate of drug-likeness (QED) is 0.662. The lowest BCUT2D eigenvalue weighted by Crippen LogP contribution is -2.54. The zero-order valence-electron chi connectivity index (χ0n) is 19.7. The van der Waals surface area contributed by atoms with Gasteiger partial charge in [0.25, 0.3) is 0 Å². The number of piperazine rings is 1. The molecule has 3 aliphatic heterocycles. The van der Waals surface area contributed by atoms with Crippen molar-refractivity contribution < 1.29 is 18.0 Å². The molecule has 5 nitrogen and oxygen atoms in total. The van der Waals surface area contributed by atoms with E-state index in [9.17, 15) is 18.0 Å². The third-order valence-corrected chi connectivity index (χ3v) is 7.79. The largest absolute Gasteiger partial charge is 0.416 e.